The molecule has 1 aliphatic rings. The summed E-state index contributed by atoms with van der Waals surface area (Å²) in [6, 6.07) is 13.2. The maximum absolute atomic E-state index is 14.0. The number of halogens is 1. The predicted octanol–water partition coefficient (Wildman–Crippen LogP) is 2.32. The second kappa shape index (κ2) is 8.35. The topological polar surface area (TPSA) is 97.6 Å². The summed E-state index contributed by atoms with van der Waals surface area (Å²) in [7, 11) is 0. The SMILES string of the molecule is C=C(C(=O)OCC)C1(O)C(=O)N(Cc2cn(Cc3ccccc3)nn2)c2ccc(F)cc21. The fraction of sp³-hybridized carbons (Fsp3) is 0.217. The van der Waals surface area contributed by atoms with E-state index in [1.807, 2.05) is 30.3 Å². The number of nitrogens with zero attached hydrogens (tertiary/aromatic N) is 4. The van der Waals surface area contributed by atoms with Crippen molar-refractivity contribution in [2.45, 2.75) is 25.6 Å². The Balaban J connectivity index is 1.64. The lowest BCUT2D eigenvalue weighted by atomic mass is 9.88. The van der Waals surface area contributed by atoms with Gasteiger partial charge in [-0.3, -0.25) is 4.79 Å². The molecule has 0 aliphatic carbocycles. The molecule has 4 rings (SSSR count). The van der Waals surface area contributed by atoms with Gasteiger partial charge in [-0.2, -0.15) is 0 Å². The summed E-state index contributed by atoms with van der Waals surface area (Å²) in [5.41, 5.74) is -1.26. The molecule has 1 amide bonds. The van der Waals surface area contributed by atoms with E-state index in [-0.39, 0.29) is 24.4 Å². The molecule has 1 atom stereocenters. The third-order valence-corrected chi connectivity index (χ3v) is 5.25. The van der Waals surface area contributed by atoms with E-state index in [2.05, 4.69) is 16.9 Å². The first-order chi connectivity index (χ1) is 15.3. The number of aromatic nitrogens is 3. The molecule has 0 radical (unpaired) electrons. The van der Waals surface area contributed by atoms with Crippen LogP contribution in [-0.2, 0) is 33.0 Å². The third kappa shape index (κ3) is 3.67. The van der Waals surface area contributed by atoms with Crippen LogP contribution in [0.25, 0.3) is 0 Å². The van der Waals surface area contributed by atoms with Gasteiger partial charge in [0.2, 0.25) is 5.60 Å². The molecule has 0 saturated heterocycles. The summed E-state index contributed by atoms with van der Waals surface area (Å²) >= 11 is 0. The third-order valence-electron chi connectivity index (χ3n) is 5.25. The Hall–Kier alpha value is -3.85. The highest BCUT2D eigenvalue weighted by molar-refractivity contribution is 6.13. The number of esters is 1. The number of anilines is 1. The van der Waals surface area contributed by atoms with E-state index in [1.54, 1.807) is 17.8 Å². The Kier molecular flexibility index (Phi) is 5.58. The average Bonchev–Trinajstić information content (AvgIpc) is 3.31. The highest BCUT2D eigenvalue weighted by atomic mass is 19.1. The van der Waals surface area contributed by atoms with Gasteiger partial charge < -0.3 is 14.7 Å². The summed E-state index contributed by atoms with van der Waals surface area (Å²) in [5.74, 6) is -2.44. The van der Waals surface area contributed by atoms with E-state index < -0.39 is 28.9 Å². The van der Waals surface area contributed by atoms with Gasteiger partial charge in [0.25, 0.3) is 5.91 Å². The predicted molar refractivity (Wildman–Crippen MR) is 113 cm³/mol. The minimum atomic E-state index is -2.44. The monoisotopic (exact) mass is 436 g/mol. The Morgan fingerprint density at radius 3 is 2.69 bits per heavy atom. The zero-order valence-corrected chi connectivity index (χ0v) is 17.4. The quantitative estimate of drug-likeness (QED) is 0.451. The Morgan fingerprint density at radius 2 is 1.97 bits per heavy atom. The van der Waals surface area contributed by atoms with Crippen molar-refractivity contribution in [2.75, 3.05) is 11.5 Å². The van der Waals surface area contributed by atoms with Crippen LogP contribution in [0.15, 0.2) is 66.9 Å². The first kappa shape index (κ1) is 21.4. The fourth-order valence-electron chi connectivity index (χ4n) is 3.69. The molecule has 3 aromatic rings. The largest absolute Gasteiger partial charge is 0.463 e. The molecule has 1 unspecified atom stereocenters. The molecule has 0 saturated carbocycles. The Bertz CT molecular complexity index is 1190. The normalized spacial score (nSPS) is 17.3. The summed E-state index contributed by atoms with van der Waals surface area (Å²) in [6.07, 6.45) is 1.68. The lowest BCUT2D eigenvalue weighted by molar-refractivity contribution is -0.146. The van der Waals surface area contributed by atoms with Crippen LogP contribution in [0.5, 0.6) is 0 Å². The molecular weight excluding hydrogens is 415 g/mol. The maximum Gasteiger partial charge on any atom is 0.337 e. The summed E-state index contributed by atoms with van der Waals surface area (Å²) in [6.45, 7) is 5.65. The number of fused-ring (bicyclic) bond motifs is 1. The number of amides is 1. The molecule has 0 spiro atoms. The molecule has 9 heteroatoms. The molecule has 8 nitrogen and oxygen atoms in total. The minimum absolute atomic E-state index is 0.0341. The maximum atomic E-state index is 14.0. The second-order valence-corrected chi connectivity index (χ2v) is 7.36. The molecule has 0 fully saturated rings. The van der Waals surface area contributed by atoms with Crippen LogP contribution in [0, 0.1) is 5.82 Å². The van der Waals surface area contributed by atoms with Gasteiger partial charge in [-0.1, -0.05) is 42.1 Å². The highest BCUT2D eigenvalue weighted by Crippen LogP contribution is 2.45. The number of benzene rings is 2. The standard InChI is InChI=1S/C23H21FN4O4/c1-3-32-21(29)15(2)23(31)19-11-17(24)9-10-20(19)28(22(23)30)14-18-13-27(26-25-18)12-16-7-5-4-6-8-16/h4-11,13,31H,2-3,12,14H2,1H3. The van der Waals surface area contributed by atoms with Crippen molar-refractivity contribution in [1.82, 2.24) is 15.0 Å². The second-order valence-electron chi connectivity index (χ2n) is 7.36. The van der Waals surface area contributed by atoms with E-state index in [0.717, 1.165) is 11.6 Å². The molecule has 164 valence electrons. The van der Waals surface area contributed by atoms with Crippen molar-refractivity contribution in [3.8, 4) is 0 Å². The molecule has 1 N–H and O–H groups in total. The van der Waals surface area contributed by atoms with Gasteiger partial charge in [0, 0.05) is 5.56 Å². The average molecular weight is 436 g/mol. The van der Waals surface area contributed by atoms with Gasteiger partial charge in [-0.25, -0.2) is 13.9 Å². The van der Waals surface area contributed by atoms with E-state index in [0.29, 0.717) is 12.2 Å². The fourth-order valence-corrected chi connectivity index (χ4v) is 3.69. The van der Waals surface area contributed by atoms with Crippen LogP contribution in [0.2, 0.25) is 0 Å². The van der Waals surface area contributed by atoms with Gasteiger partial charge in [0.05, 0.1) is 37.2 Å². The van der Waals surface area contributed by atoms with Gasteiger partial charge in [0.15, 0.2) is 0 Å². The Labute approximate surface area is 183 Å². The van der Waals surface area contributed by atoms with Crippen molar-refractivity contribution in [3.63, 3.8) is 0 Å². The lowest BCUT2D eigenvalue weighted by Crippen LogP contribution is -2.43. The zero-order chi connectivity index (χ0) is 22.9. The van der Waals surface area contributed by atoms with Gasteiger partial charge in [-0.05, 0) is 30.7 Å². The number of hydrogen-bond acceptors (Lipinski definition) is 6. The number of carbonyl (C=O) groups excluding carboxylic acids is 2. The summed E-state index contributed by atoms with van der Waals surface area (Å²) in [4.78, 5) is 26.8. The summed E-state index contributed by atoms with van der Waals surface area (Å²) in [5, 5.41) is 19.4. The van der Waals surface area contributed by atoms with E-state index >= 15 is 0 Å². The smallest absolute Gasteiger partial charge is 0.337 e. The number of ether oxygens (including phenoxy) is 1. The van der Waals surface area contributed by atoms with E-state index in [9.17, 15) is 19.1 Å². The zero-order valence-electron chi connectivity index (χ0n) is 17.4. The van der Waals surface area contributed by atoms with Crippen LogP contribution in [0.3, 0.4) is 0 Å². The molecule has 1 aliphatic heterocycles. The highest BCUT2D eigenvalue weighted by Gasteiger charge is 2.54. The van der Waals surface area contributed by atoms with Crippen LogP contribution in [0.4, 0.5) is 10.1 Å². The van der Waals surface area contributed by atoms with Gasteiger partial charge >= 0.3 is 5.97 Å². The summed E-state index contributed by atoms with van der Waals surface area (Å²) < 4.78 is 20.5. The number of carbonyl (C=O) groups is 2. The number of aliphatic hydroxyl groups is 1. The molecule has 2 heterocycles. The van der Waals surface area contributed by atoms with Crippen LogP contribution >= 0.6 is 0 Å². The van der Waals surface area contributed by atoms with E-state index in [1.165, 1.54) is 17.0 Å². The number of rotatable bonds is 7. The Morgan fingerprint density at radius 1 is 1.22 bits per heavy atom. The van der Waals surface area contributed by atoms with Crippen molar-refractivity contribution in [2.24, 2.45) is 0 Å². The van der Waals surface area contributed by atoms with Crippen molar-refractivity contribution in [3.05, 3.63) is 89.5 Å². The first-order valence-corrected chi connectivity index (χ1v) is 9.98. The first-order valence-electron chi connectivity index (χ1n) is 9.98. The lowest BCUT2D eigenvalue weighted by Gasteiger charge is -2.23. The molecular formula is C23H21FN4O4. The van der Waals surface area contributed by atoms with Crippen LogP contribution < -0.4 is 4.90 Å². The molecule has 2 aromatic carbocycles. The molecule has 0 bridgehead atoms. The van der Waals surface area contributed by atoms with Crippen molar-refractivity contribution >= 4 is 17.6 Å². The van der Waals surface area contributed by atoms with Crippen LogP contribution in [0.1, 0.15) is 23.7 Å². The van der Waals surface area contributed by atoms with Crippen molar-refractivity contribution < 1.29 is 23.8 Å². The van der Waals surface area contributed by atoms with Crippen molar-refractivity contribution in [1.29, 1.82) is 0 Å². The van der Waals surface area contributed by atoms with Gasteiger partial charge in [-0.15, -0.1) is 5.10 Å². The van der Waals surface area contributed by atoms with Gasteiger partial charge in [0.1, 0.15) is 11.5 Å². The van der Waals surface area contributed by atoms with Crippen LogP contribution in [-0.4, -0.2) is 38.6 Å². The molecule has 32 heavy (non-hydrogen) atoms. The minimum Gasteiger partial charge on any atom is -0.463 e. The number of hydrogen-bond donors (Lipinski definition) is 1. The van der Waals surface area contributed by atoms with E-state index in [4.69, 9.17) is 4.74 Å². The molecule has 1 aromatic heterocycles.